The normalized spacial score (nSPS) is 11.0. The highest BCUT2D eigenvalue weighted by Gasteiger charge is 2.09. The smallest absolute Gasteiger partial charge is 0.199 e. The summed E-state index contributed by atoms with van der Waals surface area (Å²) in [6.45, 7) is 4.82. The number of aromatic nitrogens is 5. The van der Waals surface area contributed by atoms with Crippen LogP contribution in [0.4, 0.5) is 5.82 Å². The molecule has 0 aliphatic carbocycles. The van der Waals surface area contributed by atoms with Gasteiger partial charge in [0.1, 0.15) is 5.82 Å². The molecule has 0 saturated heterocycles. The Kier molecular flexibility index (Phi) is 2.47. The minimum Gasteiger partial charge on any atom is -0.369 e. The van der Waals surface area contributed by atoms with Crippen molar-refractivity contribution < 1.29 is 0 Å². The van der Waals surface area contributed by atoms with E-state index in [9.17, 15) is 0 Å². The number of rotatable bonds is 3. The molecule has 0 fully saturated rings. The highest BCUT2D eigenvalue weighted by molar-refractivity contribution is 5.57. The SMILES string of the molecule is CCNc1cn2ccnc2c(-n2ccc(C)n2)n1. The molecule has 3 aromatic heterocycles. The lowest BCUT2D eigenvalue weighted by atomic mass is 10.5. The van der Waals surface area contributed by atoms with Crippen molar-refractivity contribution in [1.82, 2.24) is 24.1 Å². The van der Waals surface area contributed by atoms with Gasteiger partial charge in [-0.3, -0.25) is 0 Å². The molecule has 3 rings (SSSR count). The molecule has 0 saturated carbocycles. The molecule has 0 aliphatic rings. The average Bonchev–Trinajstić information content (AvgIpc) is 2.97. The van der Waals surface area contributed by atoms with E-state index in [1.165, 1.54) is 0 Å². The average molecular weight is 242 g/mol. The molecule has 18 heavy (non-hydrogen) atoms. The van der Waals surface area contributed by atoms with Crippen LogP contribution in [0, 0.1) is 6.92 Å². The first-order valence-electron chi connectivity index (χ1n) is 5.88. The van der Waals surface area contributed by atoms with E-state index in [0.29, 0.717) is 0 Å². The molecule has 0 unspecified atom stereocenters. The summed E-state index contributed by atoms with van der Waals surface area (Å²) in [4.78, 5) is 8.87. The van der Waals surface area contributed by atoms with Gasteiger partial charge in [0.05, 0.1) is 11.9 Å². The molecule has 0 bridgehead atoms. The van der Waals surface area contributed by atoms with Crippen molar-refractivity contribution in [2.24, 2.45) is 0 Å². The number of aryl methyl sites for hydroxylation is 1. The van der Waals surface area contributed by atoms with Crippen LogP contribution in [0.5, 0.6) is 0 Å². The van der Waals surface area contributed by atoms with Gasteiger partial charge in [0.15, 0.2) is 11.5 Å². The fourth-order valence-electron chi connectivity index (χ4n) is 1.87. The number of fused-ring (bicyclic) bond motifs is 1. The Bertz CT molecular complexity index is 681. The highest BCUT2D eigenvalue weighted by atomic mass is 15.3. The first-order chi connectivity index (χ1) is 8.78. The molecule has 0 radical (unpaired) electrons. The maximum Gasteiger partial charge on any atom is 0.199 e. The molecule has 0 aliphatic heterocycles. The predicted molar refractivity (Wildman–Crippen MR) is 69.0 cm³/mol. The Labute approximate surface area is 104 Å². The second-order valence-electron chi connectivity index (χ2n) is 4.04. The molecule has 3 aromatic rings. The first kappa shape index (κ1) is 10.8. The Morgan fingerprint density at radius 1 is 1.33 bits per heavy atom. The zero-order chi connectivity index (χ0) is 12.5. The van der Waals surface area contributed by atoms with Crippen LogP contribution in [0.1, 0.15) is 12.6 Å². The van der Waals surface area contributed by atoms with Crippen LogP contribution in [0.15, 0.2) is 30.9 Å². The van der Waals surface area contributed by atoms with E-state index in [-0.39, 0.29) is 0 Å². The van der Waals surface area contributed by atoms with Crippen molar-refractivity contribution in [2.45, 2.75) is 13.8 Å². The highest BCUT2D eigenvalue weighted by Crippen LogP contribution is 2.15. The van der Waals surface area contributed by atoms with E-state index in [1.54, 1.807) is 10.9 Å². The fourth-order valence-corrected chi connectivity index (χ4v) is 1.87. The van der Waals surface area contributed by atoms with Gasteiger partial charge < -0.3 is 9.72 Å². The number of nitrogens with zero attached hydrogens (tertiary/aromatic N) is 5. The summed E-state index contributed by atoms with van der Waals surface area (Å²) >= 11 is 0. The summed E-state index contributed by atoms with van der Waals surface area (Å²) in [6.07, 6.45) is 7.47. The molecule has 0 atom stereocenters. The van der Waals surface area contributed by atoms with Gasteiger partial charge in [0.25, 0.3) is 0 Å². The van der Waals surface area contributed by atoms with Crippen molar-refractivity contribution in [1.29, 1.82) is 0 Å². The predicted octanol–water partition coefficient (Wildman–Crippen LogP) is 1.66. The van der Waals surface area contributed by atoms with E-state index in [1.807, 2.05) is 42.9 Å². The topological polar surface area (TPSA) is 60.0 Å². The van der Waals surface area contributed by atoms with Crippen LogP contribution in [0.25, 0.3) is 11.5 Å². The zero-order valence-corrected chi connectivity index (χ0v) is 10.3. The third-order valence-electron chi connectivity index (χ3n) is 2.65. The van der Waals surface area contributed by atoms with Gasteiger partial charge in [0, 0.05) is 25.1 Å². The Morgan fingerprint density at radius 3 is 2.94 bits per heavy atom. The second kappa shape index (κ2) is 4.14. The van der Waals surface area contributed by atoms with E-state index < -0.39 is 0 Å². The second-order valence-corrected chi connectivity index (χ2v) is 4.04. The van der Waals surface area contributed by atoms with Crippen molar-refractivity contribution in [2.75, 3.05) is 11.9 Å². The molecular formula is C12H14N6. The fraction of sp³-hybridized carbons (Fsp3) is 0.250. The first-order valence-corrected chi connectivity index (χ1v) is 5.88. The number of imidazole rings is 1. The van der Waals surface area contributed by atoms with Crippen LogP contribution in [-0.2, 0) is 0 Å². The largest absolute Gasteiger partial charge is 0.369 e. The number of nitrogens with one attached hydrogen (secondary N) is 1. The van der Waals surface area contributed by atoms with Gasteiger partial charge in [-0.25, -0.2) is 14.6 Å². The van der Waals surface area contributed by atoms with Gasteiger partial charge in [-0.05, 0) is 19.9 Å². The van der Waals surface area contributed by atoms with Gasteiger partial charge in [-0.15, -0.1) is 0 Å². The van der Waals surface area contributed by atoms with Crippen LogP contribution in [0.3, 0.4) is 0 Å². The molecule has 0 aromatic carbocycles. The molecular weight excluding hydrogens is 228 g/mol. The third-order valence-corrected chi connectivity index (χ3v) is 2.65. The standard InChI is InChI=1S/C12H14N6/c1-3-13-10-8-17-7-5-14-11(17)12(15-10)18-6-4-9(2)16-18/h4-8,13H,3H2,1-2H3. The van der Waals surface area contributed by atoms with Crippen molar-refractivity contribution in [3.05, 3.63) is 36.5 Å². The van der Waals surface area contributed by atoms with Gasteiger partial charge in [-0.1, -0.05) is 0 Å². The number of hydrogen-bond donors (Lipinski definition) is 1. The molecule has 3 heterocycles. The lowest BCUT2D eigenvalue weighted by Crippen LogP contribution is -2.07. The van der Waals surface area contributed by atoms with Crippen LogP contribution >= 0.6 is 0 Å². The lowest BCUT2D eigenvalue weighted by Gasteiger charge is -2.07. The van der Waals surface area contributed by atoms with E-state index >= 15 is 0 Å². The van der Waals surface area contributed by atoms with Gasteiger partial charge >= 0.3 is 0 Å². The van der Waals surface area contributed by atoms with E-state index in [2.05, 4.69) is 20.4 Å². The summed E-state index contributed by atoms with van der Waals surface area (Å²) in [5.74, 6) is 1.54. The van der Waals surface area contributed by atoms with Crippen LogP contribution < -0.4 is 5.32 Å². The van der Waals surface area contributed by atoms with Crippen LogP contribution in [0.2, 0.25) is 0 Å². The maximum atomic E-state index is 4.55. The number of hydrogen-bond acceptors (Lipinski definition) is 4. The summed E-state index contributed by atoms with van der Waals surface area (Å²) in [7, 11) is 0. The van der Waals surface area contributed by atoms with E-state index in [0.717, 1.165) is 29.5 Å². The Hall–Kier alpha value is -2.37. The maximum absolute atomic E-state index is 4.55. The number of anilines is 1. The zero-order valence-electron chi connectivity index (χ0n) is 10.3. The minimum absolute atomic E-state index is 0.728. The van der Waals surface area contributed by atoms with E-state index in [4.69, 9.17) is 0 Å². The third kappa shape index (κ3) is 1.71. The summed E-state index contributed by atoms with van der Waals surface area (Å²) in [5, 5.41) is 7.59. The summed E-state index contributed by atoms with van der Waals surface area (Å²) in [5.41, 5.74) is 1.75. The Morgan fingerprint density at radius 2 is 2.22 bits per heavy atom. The van der Waals surface area contributed by atoms with Crippen molar-refractivity contribution in [3.63, 3.8) is 0 Å². The minimum atomic E-state index is 0.728. The quantitative estimate of drug-likeness (QED) is 0.758. The molecule has 6 nitrogen and oxygen atoms in total. The molecule has 0 spiro atoms. The summed E-state index contributed by atoms with van der Waals surface area (Å²) in [6, 6.07) is 1.95. The Balaban J connectivity index is 2.22. The van der Waals surface area contributed by atoms with Gasteiger partial charge in [0.2, 0.25) is 0 Å². The summed E-state index contributed by atoms with van der Waals surface area (Å²) < 4.78 is 3.69. The monoisotopic (exact) mass is 242 g/mol. The van der Waals surface area contributed by atoms with Crippen molar-refractivity contribution in [3.8, 4) is 5.82 Å². The molecule has 6 heteroatoms. The van der Waals surface area contributed by atoms with Crippen LogP contribution in [-0.4, -0.2) is 30.7 Å². The van der Waals surface area contributed by atoms with Crippen molar-refractivity contribution >= 4 is 11.5 Å². The molecule has 92 valence electrons. The molecule has 0 amide bonds. The molecule has 1 N–H and O–H groups in total. The lowest BCUT2D eigenvalue weighted by molar-refractivity contribution is 0.828. The van der Waals surface area contributed by atoms with Gasteiger partial charge in [-0.2, -0.15) is 5.10 Å².